The zero-order valence-electron chi connectivity index (χ0n) is 9.32. The van der Waals surface area contributed by atoms with Gasteiger partial charge in [0.25, 0.3) is 0 Å². The first-order chi connectivity index (χ1) is 7.31. The summed E-state index contributed by atoms with van der Waals surface area (Å²) in [5, 5.41) is 9.00. The molecule has 2 unspecified atom stereocenters. The lowest BCUT2D eigenvalue weighted by molar-refractivity contribution is -0.118. The smallest absolute Gasteiger partial charge is 0.150 e. The zero-order chi connectivity index (χ0) is 11.1. The Labute approximate surface area is 91.4 Å². The van der Waals surface area contributed by atoms with E-state index in [2.05, 4.69) is 6.07 Å². The molecule has 0 N–H and O–H groups in total. The number of nitrogens with zero attached hydrogens (tertiary/aromatic N) is 1. The van der Waals surface area contributed by atoms with Crippen LogP contribution in [0.2, 0.25) is 0 Å². The topological polar surface area (TPSA) is 50.1 Å². The molecular weight excluding hydrogens is 190 g/mol. The lowest BCUT2D eigenvalue weighted by atomic mass is 9.82. The lowest BCUT2D eigenvalue weighted by Crippen LogP contribution is -2.26. The summed E-state index contributed by atoms with van der Waals surface area (Å²) in [5.74, 6) is 0.344. The third-order valence-corrected chi connectivity index (χ3v) is 3.28. The Kier molecular flexibility index (Phi) is 5.34. The summed E-state index contributed by atoms with van der Waals surface area (Å²) in [4.78, 5) is 10.7. The maximum Gasteiger partial charge on any atom is 0.150 e. The van der Waals surface area contributed by atoms with E-state index >= 15 is 0 Å². The number of carbonyl (C=O) groups excluding carboxylic acids is 1. The number of hydrogen-bond acceptors (Lipinski definition) is 3. The van der Waals surface area contributed by atoms with Crippen LogP contribution >= 0.6 is 0 Å². The van der Waals surface area contributed by atoms with Gasteiger partial charge in [0.2, 0.25) is 0 Å². The molecule has 15 heavy (non-hydrogen) atoms. The minimum Gasteiger partial charge on any atom is -0.373 e. The van der Waals surface area contributed by atoms with Crippen molar-refractivity contribution in [3.05, 3.63) is 0 Å². The van der Waals surface area contributed by atoms with Crippen molar-refractivity contribution in [1.82, 2.24) is 0 Å². The average Bonchev–Trinajstić information content (AvgIpc) is 2.30. The molecule has 0 aromatic carbocycles. The number of methoxy groups -OCH3 is 1. The fourth-order valence-corrected chi connectivity index (χ4v) is 2.36. The highest BCUT2D eigenvalue weighted by Gasteiger charge is 2.25. The standard InChI is InChI=1S/C12H19NO2/c1-15-12(9-14)11(8-13)7-10-5-3-2-4-6-10/h9-12H,2-7H2,1H3. The van der Waals surface area contributed by atoms with E-state index in [1.54, 1.807) is 0 Å². The van der Waals surface area contributed by atoms with Gasteiger partial charge in [-0.3, -0.25) is 0 Å². The van der Waals surface area contributed by atoms with E-state index in [-0.39, 0.29) is 5.92 Å². The van der Waals surface area contributed by atoms with E-state index in [0.717, 1.165) is 12.7 Å². The van der Waals surface area contributed by atoms with Crippen LogP contribution in [-0.2, 0) is 9.53 Å². The monoisotopic (exact) mass is 209 g/mol. The van der Waals surface area contributed by atoms with Crippen molar-refractivity contribution in [3.63, 3.8) is 0 Å². The van der Waals surface area contributed by atoms with Gasteiger partial charge in [-0.25, -0.2) is 0 Å². The summed E-state index contributed by atoms with van der Waals surface area (Å²) < 4.78 is 5.00. The second kappa shape index (κ2) is 6.58. The van der Waals surface area contributed by atoms with Crippen LogP contribution in [0.5, 0.6) is 0 Å². The summed E-state index contributed by atoms with van der Waals surface area (Å²) in [6, 6.07) is 2.20. The van der Waals surface area contributed by atoms with E-state index < -0.39 is 6.10 Å². The van der Waals surface area contributed by atoms with Gasteiger partial charge in [-0.15, -0.1) is 0 Å². The Morgan fingerprint density at radius 1 is 1.47 bits per heavy atom. The Bertz CT molecular complexity index is 228. The first-order valence-corrected chi connectivity index (χ1v) is 5.69. The number of rotatable bonds is 5. The normalized spacial score (nSPS) is 21.6. The van der Waals surface area contributed by atoms with Crippen molar-refractivity contribution in [1.29, 1.82) is 5.26 Å². The maximum absolute atomic E-state index is 10.7. The zero-order valence-corrected chi connectivity index (χ0v) is 9.32. The van der Waals surface area contributed by atoms with Crippen molar-refractivity contribution in [3.8, 4) is 6.07 Å². The second-order valence-electron chi connectivity index (χ2n) is 4.31. The van der Waals surface area contributed by atoms with Crippen LogP contribution in [0.3, 0.4) is 0 Å². The summed E-state index contributed by atoms with van der Waals surface area (Å²) in [7, 11) is 1.49. The van der Waals surface area contributed by atoms with Gasteiger partial charge in [0.05, 0.1) is 12.0 Å². The van der Waals surface area contributed by atoms with Gasteiger partial charge in [0.15, 0.2) is 0 Å². The lowest BCUT2D eigenvalue weighted by Gasteiger charge is -2.25. The van der Waals surface area contributed by atoms with Crippen molar-refractivity contribution in [2.75, 3.05) is 7.11 Å². The highest BCUT2D eigenvalue weighted by Crippen LogP contribution is 2.30. The minimum atomic E-state index is -0.545. The van der Waals surface area contributed by atoms with Crippen LogP contribution in [0.4, 0.5) is 0 Å². The summed E-state index contributed by atoms with van der Waals surface area (Å²) >= 11 is 0. The Morgan fingerprint density at radius 3 is 2.60 bits per heavy atom. The van der Waals surface area contributed by atoms with Gasteiger partial charge >= 0.3 is 0 Å². The van der Waals surface area contributed by atoms with Crippen molar-refractivity contribution in [2.45, 2.75) is 44.6 Å². The van der Waals surface area contributed by atoms with Gasteiger partial charge in [-0.1, -0.05) is 32.1 Å². The Hall–Kier alpha value is -0.880. The molecule has 0 radical (unpaired) electrons. The molecule has 1 aliphatic carbocycles. The van der Waals surface area contributed by atoms with Gasteiger partial charge in [-0.2, -0.15) is 5.26 Å². The Balaban J connectivity index is 2.44. The predicted octanol–water partition coefficient (Wildman–Crippen LogP) is 2.31. The molecule has 1 fully saturated rings. The third kappa shape index (κ3) is 3.64. The quantitative estimate of drug-likeness (QED) is 0.653. The SMILES string of the molecule is COC(C=O)C(C#N)CC1CCCCC1. The molecular formula is C12H19NO2. The molecule has 0 heterocycles. The molecule has 1 saturated carbocycles. The first kappa shape index (κ1) is 12.2. The average molecular weight is 209 g/mol. The number of carbonyl (C=O) groups is 1. The molecule has 0 amide bonds. The molecule has 84 valence electrons. The molecule has 1 aliphatic rings. The largest absolute Gasteiger partial charge is 0.373 e. The van der Waals surface area contributed by atoms with Gasteiger partial charge in [-0.05, 0) is 12.3 Å². The fourth-order valence-electron chi connectivity index (χ4n) is 2.36. The highest BCUT2D eigenvalue weighted by molar-refractivity contribution is 5.57. The molecule has 0 aromatic rings. The molecule has 0 aliphatic heterocycles. The molecule has 3 heteroatoms. The third-order valence-electron chi connectivity index (χ3n) is 3.28. The highest BCUT2D eigenvalue weighted by atomic mass is 16.5. The van der Waals surface area contributed by atoms with E-state index in [9.17, 15) is 4.79 Å². The van der Waals surface area contributed by atoms with Crippen LogP contribution in [0.25, 0.3) is 0 Å². The molecule has 0 aromatic heterocycles. The number of ether oxygens (including phenoxy) is 1. The van der Waals surface area contributed by atoms with Crippen molar-refractivity contribution < 1.29 is 9.53 Å². The van der Waals surface area contributed by atoms with Crippen molar-refractivity contribution in [2.24, 2.45) is 11.8 Å². The minimum absolute atomic E-state index is 0.268. The van der Waals surface area contributed by atoms with E-state index in [0.29, 0.717) is 5.92 Å². The van der Waals surface area contributed by atoms with Crippen LogP contribution in [-0.4, -0.2) is 19.5 Å². The molecule has 2 atom stereocenters. The van der Waals surface area contributed by atoms with Crippen LogP contribution in [0, 0.1) is 23.2 Å². The van der Waals surface area contributed by atoms with E-state index in [1.165, 1.54) is 39.2 Å². The van der Waals surface area contributed by atoms with Gasteiger partial charge in [0.1, 0.15) is 12.4 Å². The molecule has 3 nitrogen and oxygen atoms in total. The van der Waals surface area contributed by atoms with Crippen LogP contribution in [0.15, 0.2) is 0 Å². The molecule has 1 rings (SSSR count). The van der Waals surface area contributed by atoms with Gasteiger partial charge in [0, 0.05) is 7.11 Å². The molecule has 0 spiro atoms. The Morgan fingerprint density at radius 2 is 2.13 bits per heavy atom. The molecule has 0 bridgehead atoms. The summed E-state index contributed by atoms with van der Waals surface area (Å²) in [5.41, 5.74) is 0. The number of aldehydes is 1. The number of nitriles is 1. The fraction of sp³-hybridized carbons (Fsp3) is 0.833. The summed E-state index contributed by atoms with van der Waals surface area (Å²) in [6.45, 7) is 0. The van der Waals surface area contributed by atoms with E-state index in [1.807, 2.05) is 0 Å². The van der Waals surface area contributed by atoms with Gasteiger partial charge < -0.3 is 9.53 Å². The first-order valence-electron chi connectivity index (χ1n) is 5.69. The second-order valence-corrected chi connectivity index (χ2v) is 4.31. The number of hydrogen-bond donors (Lipinski definition) is 0. The maximum atomic E-state index is 10.7. The summed E-state index contributed by atoms with van der Waals surface area (Å²) in [6.07, 6.45) is 7.26. The van der Waals surface area contributed by atoms with Crippen LogP contribution in [0.1, 0.15) is 38.5 Å². The van der Waals surface area contributed by atoms with E-state index in [4.69, 9.17) is 10.00 Å². The van der Waals surface area contributed by atoms with Crippen molar-refractivity contribution >= 4 is 6.29 Å². The van der Waals surface area contributed by atoms with Crippen LogP contribution < -0.4 is 0 Å². The predicted molar refractivity (Wildman–Crippen MR) is 57.2 cm³/mol. The molecule has 0 saturated heterocycles.